The molecule has 0 amide bonds. The van der Waals surface area contributed by atoms with Crippen molar-refractivity contribution in [1.82, 2.24) is 0 Å². The van der Waals surface area contributed by atoms with Gasteiger partial charge in [-0.15, -0.1) is 0 Å². The van der Waals surface area contributed by atoms with Crippen LogP contribution in [0.2, 0.25) is 5.02 Å². The van der Waals surface area contributed by atoms with E-state index in [0.717, 1.165) is 35.6 Å². The molecule has 0 spiro atoms. The highest BCUT2D eigenvalue weighted by Gasteiger charge is 2.17. The van der Waals surface area contributed by atoms with Gasteiger partial charge in [-0.05, 0) is 51.2 Å². The van der Waals surface area contributed by atoms with Crippen LogP contribution < -0.4 is 10.5 Å². The molecule has 1 saturated carbocycles. The number of ether oxygens (including phenoxy) is 1. The normalized spacial score (nSPS) is 18.9. The van der Waals surface area contributed by atoms with E-state index in [2.05, 4.69) is 0 Å². The van der Waals surface area contributed by atoms with Crippen molar-refractivity contribution in [2.24, 2.45) is 5.73 Å². The van der Waals surface area contributed by atoms with E-state index in [-0.39, 0.29) is 6.04 Å². The van der Waals surface area contributed by atoms with Crippen LogP contribution in [-0.2, 0) is 6.42 Å². The van der Waals surface area contributed by atoms with Gasteiger partial charge in [-0.2, -0.15) is 0 Å². The first-order chi connectivity index (χ1) is 9.16. The summed E-state index contributed by atoms with van der Waals surface area (Å²) in [4.78, 5) is 0. The molecule has 2 nitrogen and oxygen atoms in total. The van der Waals surface area contributed by atoms with Gasteiger partial charge in [0, 0.05) is 16.6 Å². The Morgan fingerprint density at radius 1 is 1.26 bits per heavy atom. The number of nitrogens with two attached hydrogens (primary N) is 1. The summed E-state index contributed by atoms with van der Waals surface area (Å²) in [6, 6.07) is 5.99. The third-order valence-corrected chi connectivity index (χ3v) is 4.05. The lowest BCUT2D eigenvalue weighted by molar-refractivity contribution is 0.182. The molecule has 106 valence electrons. The van der Waals surface area contributed by atoms with E-state index in [9.17, 15) is 0 Å². The molecule has 1 aromatic carbocycles. The first-order valence-corrected chi connectivity index (χ1v) is 7.74. The van der Waals surface area contributed by atoms with Gasteiger partial charge in [0.15, 0.2) is 0 Å². The fourth-order valence-corrected chi connectivity index (χ4v) is 2.95. The van der Waals surface area contributed by atoms with Crippen molar-refractivity contribution in [3.05, 3.63) is 28.8 Å². The van der Waals surface area contributed by atoms with Gasteiger partial charge in [0.05, 0.1) is 6.10 Å². The van der Waals surface area contributed by atoms with Gasteiger partial charge in [0.1, 0.15) is 5.75 Å². The Bertz CT molecular complexity index is 398. The van der Waals surface area contributed by atoms with Crippen LogP contribution in [0, 0.1) is 0 Å². The third-order valence-electron chi connectivity index (χ3n) is 3.70. The predicted octanol–water partition coefficient (Wildman–Crippen LogP) is 4.33. The molecule has 1 aromatic rings. The first kappa shape index (κ1) is 14.7. The molecular weight excluding hydrogens is 258 g/mol. The topological polar surface area (TPSA) is 35.2 Å². The standard InChI is InChI=1S/C16H24ClNO/c1-12(18)11-14-15(17)9-6-10-16(14)19-13-7-4-2-3-5-8-13/h6,9-10,12-13H,2-5,7-8,11,18H2,1H3. The molecule has 2 N–H and O–H groups in total. The van der Waals surface area contributed by atoms with Crippen LogP contribution in [0.3, 0.4) is 0 Å². The molecule has 1 aliphatic rings. The molecule has 1 fully saturated rings. The smallest absolute Gasteiger partial charge is 0.124 e. The molecule has 0 radical (unpaired) electrons. The first-order valence-electron chi connectivity index (χ1n) is 7.36. The highest BCUT2D eigenvalue weighted by atomic mass is 35.5. The minimum atomic E-state index is 0.0939. The van der Waals surface area contributed by atoms with Gasteiger partial charge in [0.2, 0.25) is 0 Å². The fraction of sp³-hybridized carbons (Fsp3) is 0.625. The van der Waals surface area contributed by atoms with Crippen LogP contribution >= 0.6 is 11.6 Å². The van der Waals surface area contributed by atoms with Crippen molar-refractivity contribution in [3.8, 4) is 5.75 Å². The second-order valence-electron chi connectivity index (χ2n) is 5.63. The average Bonchev–Trinajstić information content (AvgIpc) is 2.62. The van der Waals surface area contributed by atoms with Crippen LogP contribution in [0.4, 0.5) is 0 Å². The summed E-state index contributed by atoms with van der Waals surface area (Å²) < 4.78 is 6.21. The zero-order valence-corrected chi connectivity index (χ0v) is 12.5. The van der Waals surface area contributed by atoms with E-state index in [1.54, 1.807) is 0 Å². The Morgan fingerprint density at radius 2 is 1.95 bits per heavy atom. The Kier molecular flexibility index (Phi) is 5.53. The Labute approximate surface area is 121 Å². The molecular formula is C16H24ClNO. The largest absolute Gasteiger partial charge is 0.490 e. The third kappa shape index (κ3) is 4.39. The summed E-state index contributed by atoms with van der Waals surface area (Å²) >= 11 is 6.29. The minimum Gasteiger partial charge on any atom is -0.490 e. The molecule has 0 bridgehead atoms. The second kappa shape index (κ2) is 7.16. The summed E-state index contributed by atoms with van der Waals surface area (Å²) in [5, 5.41) is 0.767. The number of hydrogen-bond donors (Lipinski definition) is 1. The maximum absolute atomic E-state index is 6.29. The molecule has 2 rings (SSSR count). The van der Waals surface area contributed by atoms with E-state index in [1.165, 1.54) is 25.7 Å². The zero-order valence-electron chi connectivity index (χ0n) is 11.7. The fourth-order valence-electron chi connectivity index (χ4n) is 2.71. The van der Waals surface area contributed by atoms with Crippen molar-refractivity contribution < 1.29 is 4.74 Å². The predicted molar refractivity (Wildman–Crippen MR) is 80.9 cm³/mol. The quantitative estimate of drug-likeness (QED) is 0.834. The molecule has 3 heteroatoms. The molecule has 0 heterocycles. The number of hydrogen-bond acceptors (Lipinski definition) is 2. The van der Waals surface area contributed by atoms with E-state index < -0.39 is 0 Å². The lowest BCUT2D eigenvalue weighted by Gasteiger charge is -2.20. The van der Waals surface area contributed by atoms with Gasteiger partial charge < -0.3 is 10.5 Å². The van der Waals surface area contributed by atoms with E-state index in [1.807, 2.05) is 25.1 Å². The van der Waals surface area contributed by atoms with E-state index in [0.29, 0.717) is 6.10 Å². The van der Waals surface area contributed by atoms with Gasteiger partial charge in [-0.25, -0.2) is 0 Å². The number of benzene rings is 1. The summed E-state index contributed by atoms with van der Waals surface area (Å²) in [6.45, 7) is 2.00. The van der Waals surface area contributed by atoms with Crippen LogP contribution in [0.15, 0.2) is 18.2 Å². The second-order valence-corrected chi connectivity index (χ2v) is 6.04. The molecule has 0 aromatic heterocycles. The van der Waals surface area contributed by atoms with E-state index >= 15 is 0 Å². The Morgan fingerprint density at radius 3 is 2.58 bits per heavy atom. The molecule has 1 unspecified atom stereocenters. The van der Waals surface area contributed by atoms with Crippen LogP contribution in [0.1, 0.15) is 51.0 Å². The Hall–Kier alpha value is -0.730. The van der Waals surface area contributed by atoms with Crippen LogP contribution in [0.5, 0.6) is 5.75 Å². The van der Waals surface area contributed by atoms with Gasteiger partial charge in [-0.1, -0.05) is 30.5 Å². The van der Waals surface area contributed by atoms with Crippen LogP contribution in [0.25, 0.3) is 0 Å². The molecule has 19 heavy (non-hydrogen) atoms. The monoisotopic (exact) mass is 281 g/mol. The SMILES string of the molecule is CC(N)Cc1c(Cl)cccc1OC1CCCCCC1. The zero-order chi connectivity index (χ0) is 13.7. The lowest BCUT2D eigenvalue weighted by atomic mass is 10.1. The van der Waals surface area contributed by atoms with Crippen molar-refractivity contribution in [3.63, 3.8) is 0 Å². The van der Waals surface area contributed by atoms with Crippen molar-refractivity contribution in [2.75, 3.05) is 0 Å². The summed E-state index contributed by atoms with van der Waals surface area (Å²) in [5.41, 5.74) is 6.96. The van der Waals surface area contributed by atoms with Crippen LogP contribution in [-0.4, -0.2) is 12.1 Å². The molecule has 1 aliphatic carbocycles. The lowest BCUT2D eigenvalue weighted by Crippen LogP contribution is -2.20. The summed E-state index contributed by atoms with van der Waals surface area (Å²) in [7, 11) is 0. The van der Waals surface area contributed by atoms with Crippen molar-refractivity contribution >= 4 is 11.6 Å². The summed E-state index contributed by atoms with van der Waals surface area (Å²) in [5.74, 6) is 0.928. The number of halogens is 1. The Balaban J connectivity index is 2.11. The maximum Gasteiger partial charge on any atom is 0.124 e. The van der Waals surface area contributed by atoms with Crippen molar-refractivity contribution in [2.45, 2.75) is 64.0 Å². The van der Waals surface area contributed by atoms with Gasteiger partial charge in [0.25, 0.3) is 0 Å². The highest BCUT2D eigenvalue weighted by Crippen LogP contribution is 2.30. The minimum absolute atomic E-state index is 0.0939. The van der Waals surface area contributed by atoms with Gasteiger partial charge >= 0.3 is 0 Å². The molecule has 0 aliphatic heterocycles. The maximum atomic E-state index is 6.29. The number of rotatable bonds is 4. The van der Waals surface area contributed by atoms with Crippen molar-refractivity contribution in [1.29, 1.82) is 0 Å². The summed E-state index contributed by atoms with van der Waals surface area (Å²) in [6.07, 6.45) is 8.63. The van der Waals surface area contributed by atoms with E-state index in [4.69, 9.17) is 22.1 Å². The highest BCUT2D eigenvalue weighted by molar-refractivity contribution is 6.31. The molecule has 0 saturated heterocycles. The van der Waals surface area contributed by atoms with Gasteiger partial charge in [-0.3, -0.25) is 0 Å². The molecule has 1 atom stereocenters. The average molecular weight is 282 g/mol.